The SMILES string of the molecule is CC1=C(O)C[C@]2(CN(C)C)CC3Cc4c(F)c(C5CCCN5C)cc(O)c4C(=O)C3=C(O)[C@]2(O)C1=O. The number of likely N-dealkylation sites (tertiary alicyclic amines) is 1. The molecule has 1 aromatic carbocycles. The molecule has 0 amide bonds. The first-order valence-electron chi connectivity index (χ1n) is 12.4. The van der Waals surface area contributed by atoms with Crippen molar-refractivity contribution in [3.05, 3.63) is 51.2 Å². The number of benzene rings is 1. The van der Waals surface area contributed by atoms with Crippen LogP contribution < -0.4 is 0 Å². The summed E-state index contributed by atoms with van der Waals surface area (Å²) in [5.74, 6) is -4.16. The second-order valence-corrected chi connectivity index (χ2v) is 11.3. The van der Waals surface area contributed by atoms with Crippen LogP contribution in [0.3, 0.4) is 0 Å². The molecular formula is C27H33FN2O6. The van der Waals surface area contributed by atoms with Gasteiger partial charge < -0.3 is 25.3 Å². The molecular weight excluding hydrogens is 467 g/mol. The minimum Gasteiger partial charge on any atom is -0.512 e. The quantitative estimate of drug-likeness (QED) is 0.500. The number of allylic oxidation sites excluding steroid dienone is 2. The Hall–Kier alpha value is -2.75. The number of phenolic OH excluding ortho intramolecular Hbond substituents is 1. The summed E-state index contributed by atoms with van der Waals surface area (Å²) in [5, 5.41) is 44.7. The van der Waals surface area contributed by atoms with Crippen molar-refractivity contribution in [1.29, 1.82) is 0 Å². The zero-order valence-corrected chi connectivity index (χ0v) is 21.1. The molecule has 1 aromatic rings. The van der Waals surface area contributed by atoms with Crippen molar-refractivity contribution in [2.45, 2.75) is 50.7 Å². The van der Waals surface area contributed by atoms with Crippen LogP contribution in [-0.4, -0.2) is 81.6 Å². The number of hydrogen-bond donors (Lipinski definition) is 4. The third kappa shape index (κ3) is 3.15. The Morgan fingerprint density at radius 2 is 1.92 bits per heavy atom. The van der Waals surface area contributed by atoms with Crippen LogP contribution in [0, 0.1) is 17.2 Å². The van der Waals surface area contributed by atoms with Gasteiger partial charge in [0.05, 0.1) is 11.3 Å². The molecule has 194 valence electrons. The number of phenols is 1. The lowest BCUT2D eigenvalue weighted by atomic mass is 9.52. The van der Waals surface area contributed by atoms with Crippen LogP contribution in [0.4, 0.5) is 4.39 Å². The molecule has 1 heterocycles. The van der Waals surface area contributed by atoms with Crippen LogP contribution in [-0.2, 0) is 11.2 Å². The fourth-order valence-electron chi connectivity index (χ4n) is 7.17. The number of aromatic hydroxyl groups is 1. The normalized spacial score (nSPS) is 32.8. The topological polar surface area (TPSA) is 122 Å². The maximum absolute atomic E-state index is 16.0. The summed E-state index contributed by atoms with van der Waals surface area (Å²) in [7, 11) is 5.40. The maximum Gasteiger partial charge on any atom is 0.201 e. The number of rotatable bonds is 3. The van der Waals surface area contributed by atoms with E-state index in [9.17, 15) is 30.0 Å². The van der Waals surface area contributed by atoms with E-state index < -0.39 is 40.1 Å². The van der Waals surface area contributed by atoms with Crippen molar-refractivity contribution in [3.63, 3.8) is 0 Å². The van der Waals surface area contributed by atoms with Crippen LogP contribution in [0.1, 0.15) is 60.1 Å². The number of ketones is 2. The molecule has 4 atom stereocenters. The summed E-state index contributed by atoms with van der Waals surface area (Å²) in [6.45, 7) is 2.32. The summed E-state index contributed by atoms with van der Waals surface area (Å²) < 4.78 is 16.0. The molecule has 4 aliphatic rings. The average molecular weight is 501 g/mol. The van der Waals surface area contributed by atoms with Crippen molar-refractivity contribution >= 4 is 11.6 Å². The van der Waals surface area contributed by atoms with Gasteiger partial charge in [-0.2, -0.15) is 0 Å². The molecule has 1 saturated heterocycles. The lowest BCUT2D eigenvalue weighted by Crippen LogP contribution is -2.65. The van der Waals surface area contributed by atoms with Crippen molar-refractivity contribution in [3.8, 4) is 5.75 Å². The Morgan fingerprint density at radius 3 is 2.53 bits per heavy atom. The van der Waals surface area contributed by atoms with Gasteiger partial charge in [-0.3, -0.25) is 14.5 Å². The first kappa shape index (κ1) is 24.9. The molecule has 4 N–H and O–H groups in total. The molecule has 1 aliphatic heterocycles. The highest BCUT2D eigenvalue weighted by atomic mass is 19.1. The average Bonchev–Trinajstić information content (AvgIpc) is 3.22. The van der Waals surface area contributed by atoms with E-state index >= 15 is 4.39 Å². The zero-order chi connectivity index (χ0) is 26.3. The van der Waals surface area contributed by atoms with Crippen LogP contribution in [0.25, 0.3) is 0 Å². The molecule has 0 radical (unpaired) electrons. The van der Waals surface area contributed by atoms with E-state index in [0.717, 1.165) is 19.4 Å². The second-order valence-electron chi connectivity index (χ2n) is 11.3. The molecule has 5 rings (SSSR count). The Bertz CT molecular complexity index is 1250. The van der Waals surface area contributed by atoms with E-state index in [2.05, 4.69) is 0 Å². The lowest BCUT2D eigenvalue weighted by molar-refractivity contribution is -0.160. The van der Waals surface area contributed by atoms with E-state index in [1.807, 2.05) is 11.9 Å². The highest BCUT2D eigenvalue weighted by Crippen LogP contribution is 2.58. The minimum atomic E-state index is -2.42. The number of hydrogen-bond acceptors (Lipinski definition) is 8. The Balaban J connectivity index is 1.70. The van der Waals surface area contributed by atoms with Gasteiger partial charge >= 0.3 is 0 Å². The van der Waals surface area contributed by atoms with Gasteiger partial charge in [0.15, 0.2) is 11.4 Å². The molecule has 8 nitrogen and oxygen atoms in total. The monoisotopic (exact) mass is 500 g/mol. The second kappa shape index (κ2) is 8.13. The van der Waals surface area contributed by atoms with Gasteiger partial charge in [0, 0.05) is 46.7 Å². The first-order chi connectivity index (χ1) is 16.8. The number of aliphatic hydroxyl groups is 3. The van der Waals surface area contributed by atoms with Gasteiger partial charge in [-0.1, -0.05) is 0 Å². The fraction of sp³-hybridized carbons (Fsp3) is 0.556. The van der Waals surface area contributed by atoms with E-state index in [-0.39, 0.29) is 65.6 Å². The highest BCUT2D eigenvalue weighted by Gasteiger charge is 2.66. The Labute approximate surface area is 209 Å². The molecule has 1 fully saturated rings. The number of carbonyl (C=O) groups excluding carboxylic acids is 2. The standard InChI is InChI=1S/C27H33FN2O6/c1-13-19(32)11-26(12-29(2)3)10-14-8-16-21(23(33)20(14)25(35)27(26,36)24(13)34)18(31)9-15(22(16)28)17-6-5-7-30(17)4/h9,14,17,31-32,35-36H,5-8,10-12H2,1-4H3/t14?,17?,26-,27+/m0/s1. The van der Waals surface area contributed by atoms with E-state index in [1.165, 1.54) is 13.0 Å². The first-order valence-corrected chi connectivity index (χ1v) is 12.4. The molecule has 0 bridgehead atoms. The summed E-state index contributed by atoms with van der Waals surface area (Å²) in [4.78, 5) is 30.8. The summed E-state index contributed by atoms with van der Waals surface area (Å²) in [6, 6.07) is 1.08. The van der Waals surface area contributed by atoms with Crippen LogP contribution in [0.5, 0.6) is 5.75 Å². The minimum absolute atomic E-state index is 0.0209. The van der Waals surface area contributed by atoms with Crippen molar-refractivity contribution in [2.75, 3.05) is 34.2 Å². The number of Topliss-reactive ketones (excluding diaryl/α,β-unsaturated/α-hetero) is 2. The summed E-state index contributed by atoms with van der Waals surface area (Å²) in [5.41, 5.74) is -3.77. The van der Waals surface area contributed by atoms with E-state index in [0.29, 0.717) is 5.56 Å². The molecule has 36 heavy (non-hydrogen) atoms. The molecule has 0 spiro atoms. The summed E-state index contributed by atoms with van der Waals surface area (Å²) >= 11 is 0. The molecule has 0 saturated carbocycles. The molecule has 3 aliphatic carbocycles. The predicted molar refractivity (Wildman–Crippen MR) is 129 cm³/mol. The molecule has 2 unspecified atom stereocenters. The van der Waals surface area contributed by atoms with Crippen LogP contribution in [0.15, 0.2) is 28.7 Å². The smallest absolute Gasteiger partial charge is 0.201 e. The highest BCUT2D eigenvalue weighted by molar-refractivity contribution is 6.15. The van der Waals surface area contributed by atoms with Crippen LogP contribution in [0.2, 0.25) is 0 Å². The number of aliphatic hydroxyl groups excluding tert-OH is 2. The van der Waals surface area contributed by atoms with Gasteiger partial charge in [0.25, 0.3) is 0 Å². The largest absolute Gasteiger partial charge is 0.512 e. The Morgan fingerprint density at radius 1 is 1.22 bits per heavy atom. The third-order valence-electron chi connectivity index (χ3n) is 8.81. The van der Waals surface area contributed by atoms with E-state index in [4.69, 9.17) is 0 Å². The maximum atomic E-state index is 16.0. The van der Waals surface area contributed by atoms with Crippen molar-refractivity contribution < 1.29 is 34.4 Å². The zero-order valence-electron chi connectivity index (χ0n) is 21.1. The number of carbonyl (C=O) groups is 2. The van der Waals surface area contributed by atoms with Gasteiger partial charge in [-0.05, 0) is 72.3 Å². The lowest BCUT2D eigenvalue weighted by Gasteiger charge is -2.54. The summed E-state index contributed by atoms with van der Waals surface area (Å²) in [6.07, 6.45) is 1.66. The number of nitrogens with zero attached hydrogens (tertiary/aromatic N) is 2. The van der Waals surface area contributed by atoms with Gasteiger partial charge in [-0.15, -0.1) is 0 Å². The Kier molecular flexibility index (Phi) is 5.63. The number of fused-ring (bicyclic) bond motifs is 3. The van der Waals surface area contributed by atoms with E-state index in [1.54, 1.807) is 19.0 Å². The van der Waals surface area contributed by atoms with Crippen molar-refractivity contribution in [2.24, 2.45) is 11.3 Å². The van der Waals surface area contributed by atoms with Gasteiger partial charge in [-0.25, -0.2) is 4.39 Å². The van der Waals surface area contributed by atoms with Gasteiger partial charge in [0.2, 0.25) is 5.78 Å². The van der Waals surface area contributed by atoms with Gasteiger partial charge in [0.1, 0.15) is 17.3 Å². The number of halogens is 1. The fourth-order valence-corrected chi connectivity index (χ4v) is 7.17. The molecule has 0 aromatic heterocycles. The molecule has 9 heteroatoms. The third-order valence-corrected chi connectivity index (χ3v) is 8.81. The van der Waals surface area contributed by atoms with Crippen LogP contribution >= 0.6 is 0 Å². The van der Waals surface area contributed by atoms with Crippen molar-refractivity contribution in [1.82, 2.24) is 9.80 Å². The predicted octanol–water partition coefficient (Wildman–Crippen LogP) is 2.95.